The number of alkyl carbamates (subject to hydrolysis) is 1. The van der Waals surface area contributed by atoms with Gasteiger partial charge in [-0.25, -0.2) is 4.79 Å². The minimum absolute atomic E-state index is 0.0778. The number of nitrogens with one attached hydrogen (secondary N) is 1. The van der Waals surface area contributed by atoms with Crippen molar-refractivity contribution in [3.63, 3.8) is 0 Å². The fourth-order valence-electron chi connectivity index (χ4n) is 5.41. The van der Waals surface area contributed by atoms with Gasteiger partial charge in [-0.05, 0) is 48.9 Å². The molecule has 1 heterocycles. The second-order valence-corrected chi connectivity index (χ2v) is 10.3. The van der Waals surface area contributed by atoms with Crippen molar-refractivity contribution in [1.29, 1.82) is 0 Å². The SMILES string of the molecule is CCCCOC(=O)N[C@H]1CCN(C(=O)C(c2ccc(OCc3ccccc3)cc2)C2(O)CCCCC2)C1. The number of amides is 2. The van der Waals surface area contributed by atoms with Gasteiger partial charge in [0, 0.05) is 13.1 Å². The first-order valence-electron chi connectivity index (χ1n) is 13.7. The number of hydrogen-bond acceptors (Lipinski definition) is 5. The van der Waals surface area contributed by atoms with E-state index in [1.807, 2.05) is 61.5 Å². The Hall–Kier alpha value is -3.06. The average Bonchev–Trinajstić information content (AvgIpc) is 3.38. The van der Waals surface area contributed by atoms with Crippen molar-refractivity contribution in [2.45, 2.75) is 82.5 Å². The Morgan fingerprint density at radius 2 is 1.81 bits per heavy atom. The van der Waals surface area contributed by atoms with E-state index in [1.165, 1.54) is 0 Å². The van der Waals surface area contributed by atoms with Gasteiger partial charge in [-0.15, -0.1) is 0 Å². The molecule has 0 aromatic heterocycles. The van der Waals surface area contributed by atoms with Gasteiger partial charge in [0.25, 0.3) is 0 Å². The maximum atomic E-state index is 13.9. The van der Waals surface area contributed by atoms with E-state index in [0.717, 1.165) is 49.0 Å². The highest BCUT2D eigenvalue weighted by Gasteiger charge is 2.45. The Kier molecular flexibility index (Phi) is 9.45. The predicted octanol–water partition coefficient (Wildman–Crippen LogP) is 5.17. The van der Waals surface area contributed by atoms with E-state index in [0.29, 0.717) is 45.6 Å². The van der Waals surface area contributed by atoms with Gasteiger partial charge in [-0.1, -0.05) is 75.1 Å². The van der Waals surface area contributed by atoms with Gasteiger partial charge in [0.15, 0.2) is 0 Å². The Labute approximate surface area is 220 Å². The number of carbonyl (C=O) groups is 2. The molecule has 4 rings (SSSR count). The first-order chi connectivity index (χ1) is 18.0. The third kappa shape index (κ3) is 7.25. The number of ether oxygens (including phenoxy) is 2. The van der Waals surface area contributed by atoms with Crippen molar-refractivity contribution in [3.8, 4) is 5.75 Å². The van der Waals surface area contributed by atoms with Crippen LogP contribution < -0.4 is 10.1 Å². The highest BCUT2D eigenvalue weighted by Crippen LogP contribution is 2.42. The summed E-state index contributed by atoms with van der Waals surface area (Å²) in [6.45, 7) is 3.88. The van der Waals surface area contributed by atoms with E-state index in [1.54, 1.807) is 4.90 Å². The van der Waals surface area contributed by atoms with Gasteiger partial charge >= 0.3 is 6.09 Å². The van der Waals surface area contributed by atoms with Crippen LogP contribution in [0.3, 0.4) is 0 Å². The lowest BCUT2D eigenvalue weighted by atomic mass is 9.72. The van der Waals surface area contributed by atoms with Crippen LogP contribution in [0.5, 0.6) is 5.75 Å². The molecule has 37 heavy (non-hydrogen) atoms. The normalized spacial score (nSPS) is 19.7. The van der Waals surface area contributed by atoms with E-state index in [9.17, 15) is 14.7 Å². The summed E-state index contributed by atoms with van der Waals surface area (Å²) in [5.41, 5.74) is 0.811. The highest BCUT2D eigenvalue weighted by molar-refractivity contribution is 5.85. The Bertz CT molecular complexity index is 1000. The third-order valence-electron chi connectivity index (χ3n) is 7.52. The molecule has 2 amide bonds. The molecule has 200 valence electrons. The topological polar surface area (TPSA) is 88.1 Å². The van der Waals surface area contributed by atoms with Crippen LogP contribution >= 0.6 is 0 Å². The summed E-state index contributed by atoms with van der Waals surface area (Å²) in [5, 5.41) is 14.6. The van der Waals surface area contributed by atoms with Crippen LogP contribution in [0.25, 0.3) is 0 Å². The minimum Gasteiger partial charge on any atom is -0.489 e. The number of unbranched alkanes of at least 4 members (excludes halogenated alkanes) is 1. The van der Waals surface area contributed by atoms with E-state index < -0.39 is 17.6 Å². The second kappa shape index (κ2) is 13.0. The fourth-order valence-corrected chi connectivity index (χ4v) is 5.41. The zero-order chi connectivity index (χ0) is 26.1. The fraction of sp³-hybridized carbons (Fsp3) is 0.533. The molecule has 7 heteroatoms. The van der Waals surface area contributed by atoms with Crippen LogP contribution in [0.4, 0.5) is 4.79 Å². The Morgan fingerprint density at radius 1 is 1.08 bits per heavy atom. The predicted molar refractivity (Wildman–Crippen MR) is 142 cm³/mol. The number of nitrogens with zero attached hydrogens (tertiary/aromatic N) is 1. The minimum atomic E-state index is -1.08. The van der Waals surface area contributed by atoms with Crippen molar-refractivity contribution in [1.82, 2.24) is 10.2 Å². The molecule has 2 N–H and O–H groups in total. The van der Waals surface area contributed by atoms with Crippen molar-refractivity contribution < 1.29 is 24.2 Å². The van der Waals surface area contributed by atoms with Crippen molar-refractivity contribution in [2.75, 3.05) is 19.7 Å². The summed E-state index contributed by atoms with van der Waals surface area (Å²) >= 11 is 0. The standard InChI is InChI=1S/C30H40N2O5/c1-2-3-20-36-29(34)31-25-16-19-32(21-25)28(33)27(30(35)17-8-5-9-18-30)24-12-14-26(15-13-24)37-22-23-10-6-4-7-11-23/h4,6-7,10-15,25,27,35H,2-3,5,8-9,16-22H2,1H3,(H,31,34)/t25-,27?/m0/s1. The molecule has 2 fully saturated rings. The molecule has 1 aliphatic heterocycles. The molecule has 1 aliphatic carbocycles. The van der Waals surface area contributed by atoms with Gasteiger partial charge in [0.05, 0.1) is 24.2 Å². The van der Waals surface area contributed by atoms with Gasteiger partial charge < -0.3 is 24.8 Å². The molecule has 1 saturated heterocycles. The Morgan fingerprint density at radius 3 is 2.51 bits per heavy atom. The molecule has 0 bridgehead atoms. The van der Waals surface area contributed by atoms with Gasteiger partial charge in [-0.3, -0.25) is 4.79 Å². The molecule has 2 aliphatic rings. The summed E-state index contributed by atoms with van der Waals surface area (Å²) in [7, 11) is 0. The summed E-state index contributed by atoms with van der Waals surface area (Å²) in [4.78, 5) is 27.8. The van der Waals surface area contributed by atoms with Gasteiger partial charge in [-0.2, -0.15) is 0 Å². The lowest BCUT2D eigenvalue weighted by molar-refractivity contribution is -0.140. The molecule has 7 nitrogen and oxygen atoms in total. The number of rotatable bonds is 10. The quantitative estimate of drug-likeness (QED) is 0.432. The largest absolute Gasteiger partial charge is 0.489 e. The summed E-state index contributed by atoms with van der Waals surface area (Å²) < 4.78 is 11.2. The number of carbonyl (C=O) groups excluding carboxylic acids is 2. The van der Waals surface area contributed by atoms with Crippen LogP contribution in [0.1, 0.15) is 75.3 Å². The van der Waals surface area contributed by atoms with E-state index in [-0.39, 0.29) is 11.9 Å². The molecule has 2 aromatic rings. The first kappa shape index (κ1) is 27.0. The molecule has 2 aromatic carbocycles. The average molecular weight is 509 g/mol. The van der Waals surface area contributed by atoms with Crippen molar-refractivity contribution in [3.05, 3.63) is 65.7 Å². The van der Waals surface area contributed by atoms with Gasteiger partial charge in [0.1, 0.15) is 12.4 Å². The molecular weight excluding hydrogens is 468 g/mol. The lowest BCUT2D eigenvalue weighted by Gasteiger charge is -2.40. The summed E-state index contributed by atoms with van der Waals surface area (Å²) in [6, 6.07) is 17.4. The van der Waals surface area contributed by atoms with Crippen molar-refractivity contribution >= 4 is 12.0 Å². The first-order valence-corrected chi connectivity index (χ1v) is 13.7. The van der Waals surface area contributed by atoms with E-state index in [2.05, 4.69) is 5.32 Å². The van der Waals surface area contributed by atoms with Gasteiger partial charge in [0.2, 0.25) is 5.91 Å². The second-order valence-electron chi connectivity index (χ2n) is 10.3. The zero-order valence-corrected chi connectivity index (χ0v) is 21.9. The summed E-state index contributed by atoms with van der Waals surface area (Å²) in [5.74, 6) is -0.00121. The lowest BCUT2D eigenvalue weighted by Crippen LogP contribution is -2.48. The molecule has 1 unspecified atom stereocenters. The number of aliphatic hydroxyl groups is 1. The monoisotopic (exact) mass is 508 g/mol. The molecule has 0 spiro atoms. The third-order valence-corrected chi connectivity index (χ3v) is 7.52. The number of benzene rings is 2. The summed E-state index contributed by atoms with van der Waals surface area (Å²) in [6.07, 6.45) is 6.14. The van der Waals surface area contributed by atoms with Crippen LogP contribution in [-0.4, -0.2) is 53.3 Å². The molecule has 1 saturated carbocycles. The maximum absolute atomic E-state index is 13.9. The zero-order valence-electron chi connectivity index (χ0n) is 21.9. The van der Waals surface area contributed by atoms with Crippen LogP contribution in [0.15, 0.2) is 54.6 Å². The number of likely N-dealkylation sites (tertiary alicyclic amines) is 1. The van der Waals surface area contributed by atoms with E-state index >= 15 is 0 Å². The Balaban J connectivity index is 1.43. The van der Waals surface area contributed by atoms with E-state index in [4.69, 9.17) is 9.47 Å². The number of hydrogen-bond donors (Lipinski definition) is 2. The maximum Gasteiger partial charge on any atom is 0.407 e. The molecular formula is C30H40N2O5. The van der Waals surface area contributed by atoms with Crippen LogP contribution in [0, 0.1) is 0 Å². The smallest absolute Gasteiger partial charge is 0.407 e. The molecule has 2 atom stereocenters. The molecule has 0 radical (unpaired) electrons. The van der Waals surface area contributed by atoms with Crippen molar-refractivity contribution in [2.24, 2.45) is 0 Å². The van der Waals surface area contributed by atoms with Crippen LogP contribution in [-0.2, 0) is 16.1 Å². The highest BCUT2D eigenvalue weighted by atomic mass is 16.5. The van der Waals surface area contributed by atoms with Crippen LogP contribution in [0.2, 0.25) is 0 Å².